The van der Waals surface area contributed by atoms with E-state index in [1.165, 1.54) is 5.56 Å². The number of benzene rings is 3. The number of ketones is 1. The number of amides is 1. The van der Waals surface area contributed by atoms with E-state index in [1.807, 2.05) is 35.2 Å². The van der Waals surface area contributed by atoms with E-state index < -0.39 is 0 Å². The zero-order chi connectivity index (χ0) is 24.7. The van der Waals surface area contributed by atoms with Crippen molar-refractivity contribution in [3.05, 3.63) is 112 Å². The molecule has 1 amide bonds. The lowest BCUT2D eigenvalue weighted by molar-refractivity contribution is -0.120. The number of nitrogens with zero attached hydrogens (tertiary/aromatic N) is 1. The Morgan fingerprint density at radius 1 is 0.771 bits per heavy atom. The molecular weight excluding hydrogens is 430 g/mol. The van der Waals surface area contributed by atoms with Crippen molar-refractivity contribution >= 4 is 17.4 Å². The SMILES string of the molecule is Cc1cccc(N2C(=O)CC(c3ccc(C(C)C)cc3)C3=C2CC(c2ccccc2)CC3=O)c1C. The molecule has 0 saturated carbocycles. The average molecular weight is 464 g/mol. The lowest BCUT2D eigenvalue weighted by Crippen LogP contribution is -2.42. The number of aryl methyl sites for hydroxylation is 1. The van der Waals surface area contributed by atoms with Gasteiger partial charge in [0.2, 0.25) is 5.91 Å². The van der Waals surface area contributed by atoms with Crippen molar-refractivity contribution in [2.24, 2.45) is 0 Å². The van der Waals surface area contributed by atoms with E-state index in [0.717, 1.165) is 39.2 Å². The molecule has 0 radical (unpaired) electrons. The second-order valence-corrected chi connectivity index (χ2v) is 10.3. The summed E-state index contributed by atoms with van der Waals surface area (Å²) in [5, 5.41) is 0. The molecule has 2 unspecified atom stereocenters. The summed E-state index contributed by atoms with van der Waals surface area (Å²) in [4.78, 5) is 29.5. The molecule has 2 atom stereocenters. The Morgan fingerprint density at radius 2 is 1.49 bits per heavy atom. The maximum Gasteiger partial charge on any atom is 0.232 e. The van der Waals surface area contributed by atoms with E-state index in [2.05, 4.69) is 70.2 Å². The molecule has 3 aromatic rings. The monoisotopic (exact) mass is 463 g/mol. The van der Waals surface area contributed by atoms with E-state index in [0.29, 0.717) is 25.2 Å². The van der Waals surface area contributed by atoms with Gasteiger partial charge in [0.25, 0.3) is 0 Å². The highest BCUT2D eigenvalue weighted by molar-refractivity contribution is 6.08. The largest absolute Gasteiger partial charge is 0.294 e. The predicted octanol–water partition coefficient (Wildman–Crippen LogP) is 7.35. The Labute approximate surface area is 208 Å². The highest BCUT2D eigenvalue weighted by Gasteiger charge is 2.42. The molecule has 5 rings (SSSR count). The number of carbonyl (C=O) groups is 2. The van der Waals surface area contributed by atoms with Gasteiger partial charge in [0.15, 0.2) is 5.78 Å². The highest BCUT2D eigenvalue weighted by Crippen LogP contribution is 2.47. The van der Waals surface area contributed by atoms with Gasteiger partial charge in [-0.3, -0.25) is 14.5 Å². The molecule has 0 N–H and O–H groups in total. The lowest BCUT2D eigenvalue weighted by atomic mass is 9.72. The number of anilines is 1. The predicted molar refractivity (Wildman–Crippen MR) is 142 cm³/mol. The van der Waals surface area contributed by atoms with Crippen molar-refractivity contribution in [2.45, 2.75) is 64.7 Å². The molecule has 0 bridgehead atoms. The molecule has 3 nitrogen and oxygen atoms in total. The molecule has 0 saturated heterocycles. The van der Waals surface area contributed by atoms with Gasteiger partial charge >= 0.3 is 0 Å². The maximum atomic E-state index is 13.8. The summed E-state index contributed by atoms with van der Waals surface area (Å²) in [5.74, 6) is 0.557. The summed E-state index contributed by atoms with van der Waals surface area (Å²) in [5.41, 5.74) is 8.32. The fourth-order valence-electron chi connectivity index (χ4n) is 5.65. The fourth-order valence-corrected chi connectivity index (χ4v) is 5.65. The maximum absolute atomic E-state index is 13.8. The Morgan fingerprint density at radius 3 is 2.17 bits per heavy atom. The van der Waals surface area contributed by atoms with Gasteiger partial charge in [0, 0.05) is 30.0 Å². The van der Waals surface area contributed by atoms with Gasteiger partial charge in [-0.2, -0.15) is 0 Å². The van der Waals surface area contributed by atoms with Crippen molar-refractivity contribution in [3.63, 3.8) is 0 Å². The van der Waals surface area contributed by atoms with Crippen LogP contribution in [0.5, 0.6) is 0 Å². The number of carbonyl (C=O) groups excluding carboxylic acids is 2. The third-order valence-corrected chi connectivity index (χ3v) is 7.82. The summed E-state index contributed by atoms with van der Waals surface area (Å²) < 4.78 is 0. The molecule has 1 aliphatic heterocycles. The van der Waals surface area contributed by atoms with Gasteiger partial charge in [-0.15, -0.1) is 0 Å². The third kappa shape index (κ3) is 4.25. The van der Waals surface area contributed by atoms with E-state index in [-0.39, 0.29) is 23.5 Å². The minimum absolute atomic E-state index is 0.0666. The summed E-state index contributed by atoms with van der Waals surface area (Å²) >= 11 is 0. The summed E-state index contributed by atoms with van der Waals surface area (Å²) in [6.45, 7) is 8.49. The Bertz CT molecular complexity index is 1300. The van der Waals surface area contributed by atoms with Gasteiger partial charge in [-0.05, 0) is 66.0 Å². The number of allylic oxidation sites excluding steroid dienone is 2. The van der Waals surface area contributed by atoms with Gasteiger partial charge in [0.1, 0.15) is 0 Å². The minimum atomic E-state index is -0.190. The van der Waals surface area contributed by atoms with Crippen LogP contribution in [0.1, 0.15) is 78.7 Å². The van der Waals surface area contributed by atoms with E-state index in [1.54, 1.807) is 0 Å². The zero-order valence-corrected chi connectivity index (χ0v) is 21.0. The first-order valence-corrected chi connectivity index (χ1v) is 12.6. The molecule has 178 valence electrons. The Kier molecular flexibility index (Phi) is 6.19. The standard InChI is InChI=1S/C32H33NO2/c1-20(2)23-13-15-25(16-14-23)27-19-31(35)33(28-12-8-9-21(3)22(28)4)29-17-26(18-30(34)32(27)29)24-10-6-5-7-11-24/h5-16,20,26-27H,17-19H2,1-4H3. The van der Waals surface area contributed by atoms with Gasteiger partial charge in [-0.1, -0.05) is 80.6 Å². The molecule has 0 spiro atoms. The van der Waals surface area contributed by atoms with Crippen LogP contribution in [0.4, 0.5) is 5.69 Å². The van der Waals surface area contributed by atoms with Crippen LogP contribution in [0, 0.1) is 13.8 Å². The van der Waals surface area contributed by atoms with Crippen molar-refractivity contribution in [1.29, 1.82) is 0 Å². The van der Waals surface area contributed by atoms with Crippen LogP contribution in [-0.2, 0) is 9.59 Å². The van der Waals surface area contributed by atoms with Crippen molar-refractivity contribution in [2.75, 3.05) is 4.90 Å². The normalized spacial score (nSPS) is 20.4. The number of hydrogen-bond donors (Lipinski definition) is 0. The molecule has 3 heteroatoms. The minimum Gasteiger partial charge on any atom is -0.294 e. The second kappa shape index (κ2) is 9.30. The van der Waals surface area contributed by atoms with Crippen molar-refractivity contribution < 1.29 is 9.59 Å². The number of rotatable bonds is 4. The van der Waals surface area contributed by atoms with Crippen LogP contribution in [0.3, 0.4) is 0 Å². The van der Waals surface area contributed by atoms with Crippen molar-refractivity contribution in [3.8, 4) is 0 Å². The summed E-state index contributed by atoms with van der Waals surface area (Å²) in [7, 11) is 0. The molecule has 1 heterocycles. The Hall–Kier alpha value is -3.46. The van der Waals surface area contributed by atoms with Crippen LogP contribution in [-0.4, -0.2) is 11.7 Å². The van der Waals surface area contributed by atoms with Crippen LogP contribution in [0.15, 0.2) is 84.1 Å². The van der Waals surface area contributed by atoms with Crippen LogP contribution in [0.25, 0.3) is 0 Å². The van der Waals surface area contributed by atoms with Gasteiger partial charge in [-0.25, -0.2) is 0 Å². The Balaban J connectivity index is 1.65. The second-order valence-electron chi connectivity index (χ2n) is 10.3. The van der Waals surface area contributed by atoms with Crippen molar-refractivity contribution in [1.82, 2.24) is 0 Å². The molecule has 1 aliphatic carbocycles. The summed E-state index contributed by atoms with van der Waals surface area (Å²) in [6, 6.07) is 24.8. The van der Waals surface area contributed by atoms with Gasteiger partial charge < -0.3 is 0 Å². The first-order valence-electron chi connectivity index (χ1n) is 12.6. The first-order chi connectivity index (χ1) is 16.8. The molecular formula is C32H33NO2. The molecule has 0 fully saturated rings. The fraction of sp³-hybridized carbons (Fsp3) is 0.312. The number of hydrogen-bond acceptors (Lipinski definition) is 2. The number of Topliss-reactive ketones (excluding diaryl/α,β-unsaturated/α-hetero) is 1. The average Bonchev–Trinajstić information content (AvgIpc) is 2.86. The first kappa shape index (κ1) is 23.3. The molecule has 3 aromatic carbocycles. The third-order valence-electron chi connectivity index (χ3n) is 7.82. The highest BCUT2D eigenvalue weighted by atomic mass is 16.2. The van der Waals surface area contributed by atoms with E-state index in [9.17, 15) is 9.59 Å². The van der Waals surface area contributed by atoms with E-state index in [4.69, 9.17) is 0 Å². The molecule has 0 aromatic heterocycles. The lowest BCUT2D eigenvalue weighted by Gasteiger charge is -2.41. The smallest absolute Gasteiger partial charge is 0.232 e. The topological polar surface area (TPSA) is 37.4 Å². The van der Waals surface area contributed by atoms with Gasteiger partial charge in [0.05, 0.1) is 5.69 Å². The molecule has 2 aliphatic rings. The quantitative estimate of drug-likeness (QED) is 0.406. The van der Waals surface area contributed by atoms with E-state index >= 15 is 0 Å². The van der Waals surface area contributed by atoms with Crippen LogP contribution < -0.4 is 4.90 Å². The van der Waals surface area contributed by atoms with Crippen LogP contribution >= 0.6 is 0 Å². The summed E-state index contributed by atoms with van der Waals surface area (Å²) in [6.07, 6.45) is 1.48. The zero-order valence-electron chi connectivity index (χ0n) is 21.0. The van der Waals surface area contributed by atoms with Crippen LogP contribution in [0.2, 0.25) is 0 Å². The molecule has 35 heavy (non-hydrogen) atoms.